The Morgan fingerprint density at radius 2 is 2.00 bits per heavy atom. The van der Waals surface area contributed by atoms with Gasteiger partial charge in [0.05, 0.1) is 0 Å². The van der Waals surface area contributed by atoms with E-state index in [1.165, 1.54) is 24.8 Å². The van der Waals surface area contributed by atoms with Crippen molar-refractivity contribution in [1.29, 1.82) is 0 Å². The van der Waals surface area contributed by atoms with Crippen LogP contribution in [0.15, 0.2) is 48.7 Å². The second-order valence-electron chi connectivity index (χ2n) is 5.21. The number of pyridine rings is 1. The molecule has 3 nitrogen and oxygen atoms in total. The summed E-state index contributed by atoms with van der Waals surface area (Å²) in [6, 6.07) is 14.7. The van der Waals surface area contributed by atoms with Crippen LogP contribution in [0.2, 0.25) is 0 Å². The summed E-state index contributed by atoms with van der Waals surface area (Å²) in [5.74, 6) is 0.688. The van der Waals surface area contributed by atoms with Crippen LogP contribution < -0.4 is 10.1 Å². The number of nitrogens with zero attached hydrogens (tertiary/aromatic N) is 1. The van der Waals surface area contributed by atoms with E-state index in [0.717, 1.165) is 12.1 Å². The lowest BCUT2D eigenvalue weighted by Gasteiger charge is -2.23. The fourth-order valence-electron chi connectivity index (χ4n) is 2.55. The normalized spacial score (nSPS) is 18.7. The Morgan fingerprint density at radius 1 is 1.10 bits per heavy atom. The Hall–Kier alpha value is -1.87. The molecule has 0 spiro atoms. The largest absolute Gasteiger partial charge is 0.473 e. The van der Waals surface area contributed by atoms with Crippen LogP contribution in [0.3, 0.4) is 0 Å². The monoisotopic (exact) mass is 268 g/mol. The molecule has 1 aromatic carbocycles. The zero-order chi connectivity index (χ0) is 13.6. The molecule has 2 heterocycles. The smallest absolute Gasteiger partial charge is 0.213 e. The Morgan fingerprint density at radius 3 is 2.70 bits per heavy atom. The molecule has 1 aliphatic rings. The maximum absolute atomic E-state index is 5.70. The van der Waals surface area contributed by atoms with E-state index < -0.39 is 0 Å². The summed E-state index contributed by atoms with van der Waals surface area (Å²) in [4.78, 5) is 4.41. The third-order valence-corrected chi connectivity index (χ3v) is 3.70. The number of ether oxygens (including phenoxy) is 1. The number of rotatable bonds is 4. The lowest BCUT2D eigenvalue weighted by Crippen LogP contribution is -2.26. The van der Waals surface area contributed by atoms with Gasteiger partial charge in [-0.25, -0.2) is 4.98 Å². The van der Waals surface area contributed by atoms with E-state index in [2.05, 4.69) is 28.5 Å². The van der Waals surface area contributed by atoms with E-state index in [1.807, 2.05) is 30.5 Å². The van der Waals surface area contributed by atoms with Gasteiger partial charge in [-0.3, -0.25) is 0 Å². The van der Waals surface area contributed by atoms with Gasteiger partial charge in [0, 0.05) is 18.3 Å². The van der Waals surface area contributed by atoms with Crippen molar-refractivity contribution in [3.63, 3.8) is 0 Å². The zero-order valence-corrected chi connectivity index (χ0v) is 11.6. The first-order valence-corrected chi connectivity index (χ1v) is 7.28. The topological polar surface area (TPSA) is 34.1 Å². The molecule has 1 N–H and O–H groups in total. The Bertz CT molecular complexity index is 518. The lowest BCUT2D eigenvalue weighted by atomic mass is 9.99. The molecule has 1 unspecified atom stereocenters. The van der Waals surface area contributed by atoms with E-state index in [4.69, 9.17) is 4.74 Å². The molecule has 104 valence electrons. The van der Waals surface area contributed by atoms with E-state index in [1.54, 1.807) is 0 Å². The number of hydrogen-bond donors (Lipinski definition) is 1. The second-order valence-corrected chi connectivity index (χ2v) is 5.21. The molecular formula is C17H20N2O. The molecule has 0 aliphatic carbocycles. The lowest BCUT2D eigenvalue weighted by molar-refractivity contribution is 0.293. The van der Waals surface area contributed by atoms with Crippen molar-refractivity contribution in [3.05, 3.63) is 59.8 Å². The van der Waals surface area contributed by atoms with Crippen LogP contribution in [0.25, 0.3) is 0 Å². The zero-order valence-electron chi connectivity index (χ0n) is 11.6. The summed E-state index contributed by atoms with van der Waals surface area (Å²) in [6.07, 6.45) is 5.71. The third kappa shape index (κ3) is 3.36. The van der Waals surface area contributed by atoms with E-state index in [0.29, 0.717) is 18.5 Å². The highest BCUT2D eigenvalue weighted by molar-refractivity contribution is 5.22. The van der Waals surface area contributed by atoms with Crippen molar-refractivity contribution in [2.24, 2.45) is 0 Å². The van der Waals surface area contributed by atoms with Crippen LogP contribution in [-0.4, -0.2) is 11.5 Å². The van der Waals surface area contributed by atoms with Gasteiger partial charge in [-0.1, -0.05) is 42.8 Å². The molecule has 0 amide bonds. The number of aromatic nitrogens is 1. The standard InChI is InChI=1S/C17H20N2O/c1-2-6-14(7-3-1)13-20-17-10-9-15(12-19-17)16-8-4-5-11-18-16/h1-3,6-7,9-10,12,16,18H,4-5,8,11,13H2. The van der Waals surface area contributed by atoms with Gasteiger partial charge >= 0.3 is 0 Å². The molecule has 20 heavy (non-hydrogen) atoms. The quantitative estimate of drug-likeness (QED) is 0.922. The summed E-state index contributed by atoms with van der Waals surface area (Å²) in [7, 11) is 0. The van der Waals surface area contributed by atoms with E-state index in [9.17, 15) is 0 Å². The van der Waals surface area contributed by atoms with Crippen LogP contribution in [-0.2, 0) is 6.61 Å². The van der Waals surface area contributed by atoms with Gasteiger partial charge in [-0.15, -0.1) is 0 Å². The Kier molecular flexibility index (Phi) is 4.28. The van der Waals surface area contributed by atoms with Gasteiger partial charge in [-0.2, -0.15) is 0 Å². The number of piperidine rings is 1. The molecule has 2 aromatic rings. The highest BCUT2D eigenvalue weighted by Crippen LogP contribution is 2.23. The van der Waals surface area contributed by atoms with Gasteiger partial charge < -0.3 is 10.1 Å². The fraction of sp³-hybridized carbons (Fsp3) is 0.353. The van der Waals surface area contributed by atoms with Crippen molar-refractivity contribution < 1.29 is 4.74 Å². The minimum absolute atomic E-state index is 0.458. The number of nitrogens with one attached hydrogen (secondary N) is 1. The summed E-state index contributed by atoms with van der Waals surface area (Å²) in [6.45, 7) is 1.67. The summed E-state index contributed by atoms with van der Waals surface area (Å²) in [5, 5.41) is 3.53. The summed E-state index contributed by atoms with van der Waals surface area (Å²) < 4.78 is 5.70. The highest BCUT2D eigenvalue weighted by Gasteiger charge is 2.14. The minimum Gasteiger partial charge on any atom is -0.473 e. The van der Waals surface area contributed by atoms with Crippen molar-refractivity contribution in [2.45, 2.75) is 31.9 Å². The minimum atomic E-state index is 0.458. The first-order chi connectivity index (χ1) is 9.92. The van der Waals surface area contributed by atoms with Crippen LogP contribution in [0, 0.1) is 0 Å². The summed E-state index contributed by atoms with van der Waals surface area (Å²) in [5.41, 5.74) is 2.42. The molecule has 0 radical (unpaired) electrons. The van der Waals surface area contributed by atoms with Gasteiger partial charge in [0.25, 0.3) is 0 Å². The average molecular weight is 268 g/mol. The fourth-order valence-corrected chi connectivity index (χ4v) is 2.55. The van der Waals surface area contributed by atoms with E-state index >= 15 is 0 Å². The Balaban J connectivity index is 1.58. The molecular weight excluding hydrogens is 248 g/mol. The number of benzene rings is 1. The van der Waals surface area contributed by atoms with Gasteiger partial charge in [0.15, 0.2) is 0 Å². The maximum Gasteiger partial charge on any atom is 0.213 e. The molecule has 1 aliphatic heterocycles. The van der Waals surface area contributed by atoms with Gasteiger partial charge in [0.2, 0.25) is 5.88 Å². The van der Waals surface area contributed by atoms with Gasteiger partial charge in [0.1, 0.15) is 6.61 Å². The van der Waals surface area contributed by atoms with Crippen molar-refractivity contribution in [2.75, 3.05) is 6.54 Å². The van der Waals surface area contributed by atoms with Gasteiger partial charge in [-0.05, 0) is 30.5 Å². The molecule has 0 saturated carbocycles. The van der Waals surface area contributed by atoms with Crippen molar-refractivity contribution in [1.82, 2.24) is 10.3 Å². The number of hydrogen-bond acceptors (Lipinski definition) is 3. The van der Waals surface area contributed by atoms with Crippen molar-refractivity contribution in [3.8, 4) is 5.88 Å². The maximum atomic E-state index is 5.70. The van der Waals surface area contributed by atoms with Crippen molar-refractivity contribution >= 4 is 0 Å². The Labute approximate surface area is 120 Å². The van der Waals surface area contributed by atoms with Crippen LogP contribution in [0.5, 0.6) is 5.88 Å². The highest BCUT2D eigenvalue weighted by atomic mass is 16.5. The molecule has 3 rings (SSSR count). The molecule has 1 atom stereocenters. The van der Waals surface area contributed by atoms with Crippen LogP contribution in [0.1, 0.15) is 36.4 Å². The second kappa shape index (κ2) is 6.53. The predicted octanol–water partition coefficient (Wildman–Crippen LogP) is 3.48. The van der Waals surface area contributed by atoms with E-state index in [-0.39, 0.29) is 0 Å². The molecule has 3 heteroatoms. The summed E-state index contributed by atoms with van der Waals surface area (Å²) >= 11 is 0. The van der Waals surface area contributed by atoms with Crippen LogP contribution >= 0.6 is 0 Å². The molecule has 1 aromatic heterocycles. The van der Waals surface area contributed by atoms with Crippen LogP contribution in [0.4, 0.5) is 0 Å². The molecule has 0 bridgehead atoms. The third-order valence-electron chi connectivity index (χ3n) is 3.70. The first-order valence-electron chi connectivity index (χ1n) is 7.28. The SMILES string of the molecule is c1ccc(COc2ccc(C3CCCCN3)cn2)cc1. The predicted molar refractivity (Wildman–Crippen MR) is 79.6 cm³/mol. The molecule has 1 fully saturated rings. The molecule has 1 saturated heterocycles. The average Bonchev–Trinajstić information content (AvgIpc) is 2.55. The first kappa shape index (κ1) is 13.1.